The first-order chi connectivity index (χ1) is 14.2. The largest absolute Gasteiger partial charge is 0.273 e. The minimum absolute atomic E-state index is 0.0611. The number of nitrogens with one attached hydrogen (secondary N) is 1. The molecule has 1 fully saturated rings. The van der Waals surface area contributed by atoms with Crippen molar-refractivity contribution in [3.8, 4) is 0 Å². The first kappa shape index (κ1) is 19.3. The second-order valence-electron chi connectivity index (χ2n) is 7.13. The standard InChI is InChI=1S/C25H21BrN2O/c26-22(16-19-10-4-1-5-11-19)18-27-28-24(29)23-17-25(23,20-12-6-2-7-13-20)21-14-8-3-9-15-21/h1-16,18,23H,17H2,(H,28,29). The average molecular weight is 445 g/mol. The van der Waals surface area contributed by atoms with E-state index in [2.05, 4.69) is 50.7 Å². The molecule has 1 N–H and O–H groups in total. The van der Waals surface area contributed by atoms with Crippen LogP contribution in [0.4, 0.5) is 0 Å². The summed E-state index contributed by atoms with van der Waals surface area (Å²) < 4.78 is 0.789. The van der Waals surface area contributed by atoms with Crippen molar-refractivity contribution in [2.75, 3.05) is 0 Å². The second kappa shape index (κ2) is 8.58. The van der Waals surface area contributed by atoms with E-state index >= 15 is 0 Å². The van der Waals surface area contributed by atoms with Crippen LogP contribution in [0.3, 0.4) is 0 Å². The number of hydrogen-bond donors (Lipinski definition) is 1. The zero-order valence-electron chi connectivity index (χ0n) is 15.8. The fraction of sp³-hybridized carbons (Fsp3) is 0.120. The van der Waals surface area contributed by atoms with Gasteiger partial charge in [-0.15, -0.1) is 0 Å². The van der Waals surface area contributed by atoms with E-state index in [-0.39, 0.29) is 17.2 Å². The molecule has 1 amide bonds. The third-order valence-electron chi connectivity index (χ3n) is 5.32. The highest BCUT2D eigenvalue weighted by Gasteiger charge is 2.60. The van der Waals surface area contributed by atoms with Crippen LogP contribution in [0.5, 0.6) is 0 Å². The van der Waals surface area contributed by atoms with Crippen LogP contribution in [0, 0.1) is 5.92 Å². The molecule has 0 radical (unpaired) electrons. The number of carbonyl (C=O) groups excluding carboxylic acids is 1. The van der Waals surface area contributed by atoms with Crippen molar-refractivity contribution >= 4 is 34.1 Å². The van der Waals surface area contributed by atoms with E-state index in [0.29, 0.717) is 0 Å². The maximum Gasteiger partial charge on any atom is 0.244 e. The van der Waals surface area contributed by atoms with E-state index in [4.69, 9.17) is 0 Å². The molecule has 3 nitrogen and oxygen atoms in total. The van der Waals surface area contributed by atoms with Crippen LogP contribution in [-0.2, 0) is 10.2 Å². The Morgan fingerprint density at radius 3 is 1.97 bits per heavy atom. The monoisotopic (exact) mass is 444 g/mol. The zero-order valence-corrected chi connectivity index (χ0v) is 17.4. The van der Waals surface area contributed by atoms with Gasteiger partial charge in [-0.3, -0.25) is 4.79 Å². The topological polar surface area (TPSA) is 41.5 Å². The molecule has 0 heterocycles. The molecule has 0 aromatic heterocycles. The summed E-state index contributed by atoms with van der Waals surface area (Å²) in [6.07, 6.45) is 4.34. The van der Waals surface area contributed by atoms with Gasteiger partial charge in [-0.05, 0) is 45.1 Å². The van der Waals surface area contributed by atoms with Gasteiger partial charge in [-0.2, -0.15) is 5.10 Å². The number of halogens is 1. The Hall–Kier alpha value is -2.98. The summed E-state index contributed by atoms with van der Waals surface area (Å²) in [5.74, 6) is -0.199. The van der Waals surface area contributed by atoms with Crippen LogP contribution in [0.25, 0.3) is 6.08 Å². The number of allylic oxidation sites excluding steroid dienone is 1. The van der Waals surface area contributed by atoms with Gasteiger partial charge in [0.1, 0.15) is 0 Å². The number of hydrazone groups is 1. The highest BCUT2D eigenvalue weighted by molar-refractivity contribution is 9.12. The SMILES string of the molecule is O=C(NN=CC(Br)=Cc1ccccc1)C1CC1(c1ccccc1)c1ccccc1. The summed E-state index contributed by atoms with van der Waals surface area (Å²) >= 11 is 3.47. The summed E-state index contributed by atoms with van der Waals surface area (Å²) in [5, 5.41) is 4.14. The van der Waals surface area contributed by atoms with E-state index in [1.807, 2.05) is 72.8 Å². The molecule has 144 valence electrons. The Bertz CT molecular complexity index is 991. The molecule has 0 bridgehead atoms. The van der Waals surface area contributed by atoms with Gasteiger partial charge in [0.15, 0.2) is 0 Å². The lowest BCUT2D eigenvalue weighted by Gasteiger charge is -2.18. The highest BCUT2D eigenvalue weighted by atomic mass is 79.9. The minimum Gasteiger partial charge on any atom is -0.273 e. The Balaban J connectivity index is 1.48. The number of benzene rings is 3. The zero-order chi connectivity index (χ0) is 20.1. The smallest absolute Gasteiger partial charge is 0.244 e. The molecule has 0 aliphatic heterocycles. The highest BCUT2D eigenvalue weighted by Crippen LogP contribution is 2.58. The van der Waals surface area contributed by atoms with Gasteiger partial charge in [-0.1, -0.05) is 91.0 Å². The Morgan fingerprint density at radius 2 is 1.41 bits per heavy atom. The molecule has 1 aliphatic carbocycles. The molecule has 1 atom stereocenters. The van der Waals surface area contributed by atoms with Gasteiger partial charge in [0.2, 0.25) is 5.91 Å². The normalized spacial score (nSPS) is 17.8. The van der Waals surface area contributed by atoms with Crippen LogP contribution < -0.4 is 5.43 Å². The van der Waals surface area contributed by atoms with Crippen LogP contribution >= 0.6 is 15.9 Å². The van der Waals surface area contributed by atoms with Gasteiger partial charge < -0.3 is 0 Å². The molecule has 1 saturated carbocycles. The predicted octanol–water partition coefficient (Wildman–Crippen LogP) is 5.53. The Labute approximate surface area is 179 Å². The summed E-state index contributed by atoms with van der Waals surface area (Å²) in [4.78, 5) is 12.8. The van der Waals surface area contributed by atoms with E-state index in [9.17, 15) is 4.79 Å². The van der Waals surface area contributed by atoms with Crippen molar-refractivity contribution in [2.24, 2.45) is 11.0 Å². The molecule has 1 aliphatic rings. The third-order valence-corrected chi connectivity index (χ3v) is 5.76. The molecule has 0 spiro atoms. The number of rotatable bonds is 6. The maximum absolute atomic E-state index is 12.8. The summed E-state index contributed by atoms with van der Waals surface area (Å²) in [7, 11) is 0. The van der Waals surface area contributed by atoms with Crippen LogP contribution in [0.1, 0.15) is 23.1 Å². The van der Waals surface area contributed by atoms with E-state index < -0.39 is 0 Å². The lowest BCUT2D eigenvalue weighted by atomic mass is 9.85. The van der Waals surface area contributed by atoms with Gasteiger partial charge in [-0.25, -0.2) is 5.43 Å². The fourth-order valence-electron chi connectivity index (χ4n) is 3.84. The maximum atomic E-state index is 12.8. The van der Waals surface area contributed by atoms with Crippen LogP contribution in [-0.4, -0.2) is 12.1 Å². The van der Waals surface area contributed by atoms with Crippen molar-refractivity contribution in [1.29, 1.82) is 0 Å². The van der Waals surface area contributed by atoms with E-state index in [1.165, 1.54) is 11.1 Å². The number of hydrogen-bond acceptors (Lipinski definition) is 2. The van der Waals surface area contributed by atoms with Crippen molar-refractivity contribution in [2.45, 2.75) is 11.8 Å². The third kappa shape index (κ3) is 4.22. The van der Waals surface area contributed by atoms with Crippen molar-refractivity contribution in [1.82, 2.24) is 5.43 Å². The molecule has 0 saturated heterocycles. The number of amides is 1. The predicted molar refractivity (Wildman–Crippen MR) is 122 cm³/mol. The molecule has 3 aromatic carbocycles. The molecule has 1 unspecified atom stereocenters. The lowest BCUT2D eigenvalue weighted by molar-refractivity contribution is -0.122. The summed E-state index contributed by atoms with van der Waals surface area (Å²) in [6, 6.07) is 30.4. The molecule has 4 heteroatoms. The first-order valence-corrected chi connectivity index (χ1v) is 10.4. The molecule has 3 aromatic rings. The molecule has 29 heavy (non-hydrogen) atoms. The second-order valence-corrected chi connectivity index (χ2v) is 8.05. The van der Waals surface area contributed by atoms with E-state index in [0.717, 1.165) is 16.5 Å². The van der Waals surface area contributed by atoms with Crippen molar-refractivity contribution in [3.05, 3.63) is 112 Å². The molecule has 4 rings (SSSR count). The van der Waals surface area contributed by atoms with Gasteiger partial charge in [0.05, 0.1) is 12.1 Å². The van der Waals surface area contributed by atoms with Crippen LogP contribution in [0.2, 0.25) is 0 Å². The van der Waals surface area contributed by atoms with Crippen molar-refractivity contribution < 1.29 is 4.79 Å². The molecular weight excluding hydrogens is 424 g/mol. The van der Waals surface area contributed by atoms with Gasteiger partial charge in [0.25, 0.3) is 0 Å². The Morgan fingerprint density at radius 1 is 0.897 bits per heavy atom. The summed E-state index contributed by atoms with van der Waals surface area (Å²) in [5.41, 5.74) is 5.83. The average Bonchev–Trinajstić information content (AvgIpc) is 3.53. The number of nitrogens with zero attached hydrogens (tertiary/aromatic N) is 1. The van der Waals surface area contributed by atoms with Crippen molar-refractivity contribution in [3.63, 3.8) is 0 Å². The minimum atomic E-state index is -0.279. The molecular formula is C25H21BrN2O. The fourth-order valence-corrected chi connectivity index (χ4v) is 4.20. The first-order valence-electron chi connectivity index (χ1n) is 9.56. The van der Waals surface area contributed by atoms with E-state index in [1.54, 1.807) is 6.21 Å². The quantitative estimate of drug-likeness (QED) is 0.394. The lowest BCUT2D eigenvalue weighted by Crippen LogP contribution is -2.25. The summed E-state index contributed by atoms with van der Waals surface area (Å²) in [6.45, 7) is 0. The van der Waals surface area contributed by atoms with Gasteiger partial charge in [0, 0.05) is 9.90 Å². The Kier molecular flexibility index (Phi) is 5.72. The number of carbonyl (C=O) groups is 1. The van der Waals surface area contributed by atoms with Gasteiger partial charge >= 0.3 is 0 Å². The van der Waals surface area contributed by atoms with Crippen LogP contribution in [0.15, 0.2) is 101 Å².